The van der Waals surface area contributed by atoms with Gasteiger partial charge in [-0.3, -0.25) is 38.4 Å². The Hall–Kier alpha value is -5.83. The molecule has 13 atom stereocenters. The molecule has 0 aliphatic rings. The molecule has 25 nitrogen and oxygen atoms in total. The fourth-order valence-electron chi connectivity index (χ4n) is 6.15. The smallest absolute Gasteiger partial charge is 0.328 e. The van der Waals surface area contributed by atoms with Crippen molar-refractivity contribution in [3.8, 4) is 0 Å². The molecule has 0 spiro atoms. The van der Waals surface area contributed by atoms with E-state index in [9.17, 15) is 78.9 Å². The summed E-state index contributed by atoms with van der Waals surface area (Å²) in [6, 6.07) is -6.41. The Bertz CT molecular complexity index is 1820. The predicted molar refractivity (Wildman–Crippen MR) is 236 cm³/mol. The van der Waals surface area contributed by atoms with Crippen LogP contribution in [0.15, 0.2) is 30.3 Å². The zero-order chi connectivity index (χ0) is 51.3. The van der Waals surface area contributed by atoms with Gasteiger partial charge < -0.3 is 84.0 Å². The Balaban J connectivity index is 3.30. The highest BCUT2D eigenvalue weighted by Crippen LogP contribution is 2.11. The number of carbonyl (C=O) groups excluding carboxylic acids is 8. The van der Waals surface area contributed by atoms with Gasteiger partial charge in [0.15, 0.2) is 0 Å². The van der Waals surface area contributed by atoms with Crippen molar-refractivity contribution in [2.75, 3.05) is 19.8 Å². The number of aliphatic hydroxyl groups excluding tert-OH is 6. The molecule has 0 heterocycles. The van der Waals surface area contributed by atoms with Crippen LogP contribution in [-0.4, -0.2) is 181 Å². The zero-order valence-corrected chi connectivity index (χ0v) is 38.6. The van der Waals surface area contributed by atoms with E-state index in [-0.39, 0.29) is 18.8 Å². The molecule has 0 saturated heterocycles. The summed E-state index contributed by atoms with van der Waals surface area (Å²) in [7, 11) is 0. The summed E-state index contributed by atoms with van der Waals surface area (Å²) in [4.78, 5) is 118. The number of nitrogens with one attached hydrogen (secondary N) is 8. The van der Waals surface area contributed by atoms with Crippen molar-refractivity contribution in [1.82, 2.24) is 42.5 Å². The average molecular weight is 956 g/mol. The van der Waals surface area contributed by atoms with E-state index in [1.165, 1.54) is 13.8 Å². The third-order valence-electron chi connectivity index (χ3n) is 10.4. The van der Waals surface area contributed by atoms with Gasteiger partial charge >= 0.3 is 5.97 Å². The molecule has 67 heavy (non-hydrogen) atoms. The first-order valence-corrected chi connectivity index (χ1v) is 21.7. The van der Waals surface area contributed by atoms with Crippen LogP contribution in [0.25, 0.3) is 0 Å². The van der Waals surface area contributed by atoms with E-state index in [4.69, 9.17) is 5.73 Å². The van der Waals surface area contributed by atoms with E-state index in [0.717, 1.165) is 6.92 Å². The van der Waals surface area contributed by atoms with Crippen LogP contribution in [0.2, 0.25) is 0 Å². The average Bonchev–Trinajstić information content (AvgIpc) is 3.27. The van der Waals surface area contributed by atoms with Crippen LogP contribution in [0.4, 0.5) is 0 Å². The number of hydrogen-bond donors (Lipinski definition) is 16. The topological polar surface area (TPSA) is 418 Å². The number of carbonyl (C=O) groups is 9. The Kier molecular flexibility index (Phi) is 25.7. The van der Waals surface area contributed by atoms with Gasteiger partial charge in [0, 0.05) is 6.42 Å². The summed E-state index contributed by atoms with van der Waals surface area (Å²) >= 11 is 0. The second-order valence-electron chi connectivity index (χ2n) is 16.6. The minimum absolute atomic E-state index is 0.0904. The Morgan fingerprint density at radius 2 is 0.866 bits per heavy atom. The van der Waals surface area contributed by atoms with Crippen LogP contribution in [0.3, 0.4) is 0 Å². The van der Waals surface area contributed by atoms with Gasteiger partial charge in [-0.05, 0) is 44.6 Å². The second kappa shape index (κ2) is 29.0. The monoisotopic (exact) mass is 955 g/mol. The van der Waals surface area contributed by atoms with Crippen LogP contribution in [0.1, 0.15) is 66.9 Å². The fourth-order valence-corrected chi connectivity index (χ4v) is 6.15. The molecule has 8 amide bonds. The van der Waals surface area contributed by atoms with Gasteiger partial charge in [-0.2, -0.15) is 0 Å². The number of carboxylic acid groups (broad SMARTS) is 1. The number of carboxylic acids is 1. The minimum Gasteiger partial charge on any atom is -0.480 e. The van der Waals surface area contributed by atoms with Gasteiger partial charge in [-0.25, -0.2) is 4.79 Å². The Labute approximate surface area is 387 Å². The van der Waals surface area contributed by atoms with E-state index >= 15 is 0 Å². The molecule has 1 aromatic carbocycles. The number of aliphatic carboxylic acids is 1. The fraction of sp³-hybridized carbons (Fsp3) is 0.643. The normalized spacial score (nSPS) is 17.1. The van der Waals surface area contributed by atoms with Gasteiger partial charge in [0.2, 0.25) is 47.3 Å². The summed E-state index contributed by atoms with van der Waals surface area (Å²) in [5.74, 6) is -10.9. The van der Waals surface area contributed by atoms with Crippen LogP contribution >= 0.6 is 0 Å². The van der Waals surface area contributed by atoms with Crippen molar-refractivity contribution in [1.29, 1.82) is 0 Å². The number of aliphatic hydroxyl groups is 6. The van der Waals surface area contributed by atoms with Gasteiger partial charge in [-0.15, -0.1) is 0 Å². The first kappa shape index (κ1) is 59.2. The Morgan fingerprint density at radius 1 is 0.493 bits per heavy atom. The molecule has 0 bridgehead atoms. The summed E-state index contributed by atoms with van der Waals surface area (Å²) in [6.07, 6.45) is -4.53. The first-order valence-electron chi connectivity index (χ1n) is 21.7. The zero-order valence-electron chi connectivity index (χ0n) is 38.6. The van der Waals surface area contributed by atoms with Gasteiger partial charge in [0.1, 0.15) is 54.4 Å². The predicted octanol–water partition coefficient (Wildman–Crippen LogP) is -6.27. The second-order valence-corrected chi connectivity index (χ2v) is 16.6. The molecule has 0 aromatic heterocycles. The highest BCUT2D eigenvalue weighted by Gasteiger charge is 2.37. The molecule has 0 saturated carbocycles. The molecule has 0 aliphatic carbocycles. The standard InChI is InChI=1S/C42H69N9O16/c1-8-20(4)31(39(63)48-29(18-54)42(66)67)49-37(61)28(17-53)46-34(58)25(14-19(2)3)44-36(60)27(16-52)47-41(65)32(22(6)56)50-35(59)26(15-24-12-10-9-11-13-24)45-40(64)33(23(7)57)51-38(62)30(43)21(5)55/h9-13,19-23,25-33,52-57H,8,14-18,43H2,1-7H3,(H,44,60)(H,45,64)(H,46,58)(H,47,65)(H,48,63)(H,49,61)(H,50,59)(H,51,62)(H,66,67)/t20-,21+,22+,23+,25-,26-,27-,28-,29-,30-,31-,32-,33-/m0/s1. The lowest BCUT2D eigenvalue weighted by atomic mass is 9.97. The molecular formula is C42H69N9O16. The summed E-state index contributed by atoms with van der Waals surface area (Å²) < 4.78 is 0. The Morgan fingerprint density at radius 3 is 1.30 bits per heavy atom. The van der Waals surface area contributed by atoms with Gasteiger partial charge in [-0.1, -0.05) is 64.4 Å². The molecule has 0 fully saturated rings. The molecule has 0 radical (unpaired) electrons. The molecule has 17 N–H and O–H groups in total. The van der Waals surface area contributed by atoms with E-state index in [1.807, 2.05) is 0 Å². The molecule has 1 rings (SSSR count). The van der Waals surface area contributed by atoms with Crippen molar-refractivity contribution in [2.45, 2.75) is 140 Å². The van der Waals surface area contributed by atoms with E-state index in [1.54, 1.807) is 58.0 Å². The summed E-state index contributed by atoms with van der Waals surface area (Å²) in [5.41, 5.74) is 6.17. The summed E-state index contributed by atoms with van der Waals surface area (Å²) in [5, 5.41) is 87.8. The SMILES string of the molecule is CC[C@H](C)[C@H](NC(=O)[C@H](CO)NC(=O)[C@H](CC(C)C)NC(=O)[C@H](CO)NC(=O)[C@@H](NC(=O)[C@H](Cc1ccccc1)NC(=O)[C@@H](NC(=O)[C@@H](N)[C@@H](C)O)[C@@H](C)O)[C@@H](C)O)C(=O)N[C@@H](CO)C(=O)O. The van der Waals surface area contributed by atoms with E-state index in [0.29, 0.717) is 12.0 Å². The lowest BCUT2D eigenvalue weighted by molar-refractivity contribution is -0.143. The lowest BCUT2D eigenvalue weighted by Gasteiger charge is -2.29. The molecular weight excluding hydrogens is 887 g/mol. The number of hydrogen-bond acceptors (Lipinski definition) is 16. The first-order chi connectivity index (χ1) is 31.3. The maximum absolute atomic E-state index is 13.8. The highest BCUT2D eigenvalue weighted by molar-refractivity contribution is 5.98. The number of benzene rings is 1. The van der Waals surface area contributed by atoms with Crippen molar-refractivity contribution in [3.05, 3.63) is 35.9 Å². The van der Waals surface area contributed by atoms with Crippen molar-refractivity contribution < 1.29 is 78.9 Å². The molecule has 25 heteroatoms. The molecule has 0 unspecified atom stereocenters. The van der Waals surface area contributed by atoms with Crippen LogP contribution < -0.4 is 48.3 Å². The minimum atomic E-state index is -1.85. The van der Waals surface area contributed by atoms with E-state index < -0.39 is 152 Å². The third kappa shape index (κ3) is 19.5. The maximum Gasteiger partial charge on any atom is 0.328 e. The van der Waals surface area contributed by atoms with Crippen LogP contribution in [-0.2, 0) is 49.6 Å². The van der Waals surface area contributed by atoms with E-state index in [2.05, 4.69) is 42.5 Å². The lowest BCUT2D eigenvalue weighted by Crippen LogP contribution is -2.63. The van der Waals surface area contributed by atoms with Crippen molar-refractivity contribution in [3.63, 3.8) is 0 Å². The third-order valence-corrected chi connectivity index (χ3v) is 10.4. The molecule has 0 aliphatic heterocycles. The maximum atomic E-state index is 13.8. The quantitative estimate of drug-likeness (QED) is 0.0355. The highest BCUT2D eigenvalue weighted by atomic mass is 16.4. The molecule has 1 aromatic rings. The van der Waals surface area contributed by atoms with Gasteiger partial charge in [0.05, 0.1) is 38.1 Å². The van der Waals surface area contributed by atoms with Crippen LogP contribution in [0.5, 0.6) is 0 Å². The van der Waals surface area contributed by atoms with Crippen molar-refractivity contribution in [2.24, 2.45) is 17.6 Å². The number of amides is 8. The summed E-state index contributed by atoms with van der Waals surface area (Å²) in [6.45, 7) is 7.09. The van der Waals surface area contributed by atoms with Crippen LogP contribution in [0, 0.1) is 11.8 Å². The number of rotatable bonds is 29. The van der Waals surface area contributed by atoms with Crippen molar-refractivity contribution >= 4 is 53.2 Å². The molecule has 378 valence electrons. The number of nitrogens with two attached hydrogens (primary N) is 1. The largest absolute Gasteiger partial charge is 0.480 e. The van der Waals surface area contributed by atoms with Gasteiger partial charge in [0.25, 0.3) is 0 Å².